The van der Waals surface area contributed by atoms with Gasteiger partial charge in [0.1, 0.15) is 0 Å². The fraction of sp³-hybridized carbons (Fsp3) is 0.591. The van der Waals surface area contributed by atoms with Crippen LogP contribution in [0.15, 0.2) is 24.3 Å². The first-order chi connectivity index (χ1) is 12.4. The summed E-state index contributed by atoms with van der Waals surface area (Å²) in [5, 5.41) is 4.64. The SMILES string of the molecule is CC(C)(C)c1ccc2cc(C(=O)N[C@@H]3C4CCN(CC4)C34CC4)sc2c1. The van der Waals surface area contributed by atoms with Crippen molar-refractivity contribution in [3.63, 3.8) is 0 Å². The van der Waals surface area contributed by atoms with Crippen molar-refractivity contribution in [3.05, 3.63) is 34.7 Å². The molecule has 1 aliphatic carbocycles. The van der Waals surface area contributed by atoms with E-state index in [-0.39, 0.29) is 11.3 Å². The van der Waals surface area contributed by atoms with E-state index < -0.39 is 0 Å². The van der Waals surface area contributed by atoms with Gasteiger partial charge in [0.15, 0.2) is 0 Å². The van der Waals surface area contributed by atoms with Gasteiger partial charge in [-0.1, -0.05) is 32.9 Å². The summed E-state index contributed by atoms with van der Waals surface area (Å²) in [5.41, 5.74) is 1.76. The highest BCUT2D eigenvalue weighted by molar-refractivity contribution is 7.20. The molecule has 26 heavy (non-hydrogen) atoms. The highest BCUT2D eigenvalue weighted by atomic mass is 32.1. The first-order valence-electron chi connectivity index (χ1n) is 9.97. The summed E-state index contributed by atoms with van der Waals surface area (Å²) in [7, 11) is 0. The molecular formula is C22H28N2OS. The summed E-state index contributed by atoms with van der Waals surface area (Å²) in [6.45, 7) is 9.17. The van der Waals surface area contributed by atoms with E-state index in [9.17, 15) is 4.79 Å². The Morgan fingerprint density at radius 2 is 1.92 bits per heavy atom. The average Bonchev–Trinajstić information content (AvgIpc) is 3.26. The first kappa shape index (κ1) is 16.8. The molecule has 1 aromatic carbocycles. The quantitative estimate of drug-likeness (QED) is 0.843. The van der Waals surface area contributed by atoms with Crippen LogP contribution in [0.25, 0.3) is 10.1 Å². The third kappa shape index (κ3) is 2.53. The lowest BCUT2D eigenvalue weighted by Gasteiger charge is -2.52. The lowest BCUT2D eigenvalue weighted by atomic mass is 9.77. The van der Waals surface area contributed by atoms with Gasteiger partial charge in [0.2, 0.25) is 0 Å². The van der Waals surface area contributed by atoms with Crippen LogP contribution in [-0.2, 0) is 5.41 Å². The summed E-state index contributed by atoms with van der Waals surface area (Å²) < 4.78 is 1.22. The minimum absolute atomic E-state index is 0.133. The number of piperidine rings is 3. The van der Waals surface area contributed by atoms with Crippen molar-refractivity contribution in [2.45, 2.75) is 63.5 Å². The number of thiophene rings is 1. The molecule has 3 saturated heterocycles. The van der Waals surface area contributed by atoms with Crippen LogP contribution < -0.4 is 5.32 Å². The number of amides is 1. The van der Waals surface area contributed by atoms with Crippen molar-refractivity contribution in [3.8, 4) is 0 Å². The van der Waals surface area contributed by atoms with Crippen LogP contribution in [0.1, 0.15) is 61.7 Å². The molecule has 1 atom stereocenters. The summed E-state index contributed by atoms with van der Waals surface area (Å²) in [4.78, 5) is 16.5. The van der Waals surface area contributed by atoms with Gasteiger partial charge in [-0.15, -0.1) is 11.3 Å². The topological polar surface area (TPSA) is 32.3 Å². The molecule has 4 heteroatoms. The van der Waals surface area contributed by atoms with Crippen molar-refractivity contribution in [1.82, 2.24) is 10.2 Å². The van der Waals surface area contributed by atoms with E-state index in [1.54, 1.807) is 11.3 Å². The highest BCUT2D eigenvalue weighted by Crippen LogP contribution is 2.53. The Bertz CT molecular complexity index is 866. The number of rotatable bonds is 2. The monoisotopic (exact) mass is 368 g/mol. The predicted octanol–water partition coefficient (Wildman–Crippen LogP) is 4.56. The lowest BCUT2D eigenvalue weighted by Crippen LogP contribution is -2.65. The van der Waals surface area contributed by atoms with Gasteiger partial charge in [0.25, 0.3) is 5.91 Å². The van der Waals surface area contributed by atoms with Crippen LogP contribution in [0.3, 0.4) is 0 Å². The smallest absolute Gasteiger partial charge is 0.261 e. The molecule has 3 aliphatic heterocycles. The molecule has 6 rings (SSSR count). The van der Waals surface area contributed by atoms with Crippen molar-refractivity contribution in [2.24, 2.45) is 5.92 Å². The van der Waals surface area contributed by atoms with Gasteiger partial charge in [-0.3, -0.25) is 9.69 Å². The van der Waals surface area contributed by atoms with Crippen LogP contribution >= 0.6 is 11.3 Å². The maximum Gasteiger partial charge on any atom is 0.261 e. The van der Waals surface area contributed by atoms with Crippen LogP contribution in [0.2, 0.25) is 0 Å². The Hall–Kier alpha value is -1.39. The third-order valence-corrected chi connectivity index (χ3v) is 7.98. The zero-order valence-electron chi connectivity index (χ0n) is 16.0. The Labute approximate surface area is 159 Å². The molecule has 1 spiro atoms. The zero-order valence-corrected chi connectivity index (χ0v) is 16.8. The maximum atomic E-state index is 13.0. The molecule has 1 aromatic heterocycles. The maximum absolute atomic E-state index is 13.0. The van der Waals surface area contributed by atoms with Gasteiger partial charge < -0.3 is 5.32 Å². The summed E-state index contributed by atoms with van der Waals surface area (Å²) in [5.74, 6) is 0.807. The number of carbonyl (C=O) groups excluding carboxylic acids is 1. The van der Waals surface area contributed by atoms with Gasteiger partial charge in [0.05, 0.1) is 10.9 Å². The number of nitrogens with zero attached hydrogens (tertiary/aromatic N) is 1. The van der Waals surface area contributed by atoms with Gasteiger partial charge in [-0.2, -0.15) is 0 Å². The summed E-state index contributed by atoms with van der Waals surface area (Å²) in [6.07, 6.45) is 5.01. The van der Waals surface area contributed by atoms with Gasteiger partial charge in [-0.25, -0.2) is 0 Å². The molecule has 0 unspecified atom stereocenters. The van der Waals surface area contributed by atoms with E-state index in [0.29, 0.717) is 17.5 Å². The van der Waals surface area contributed by atoms with E-state index in [1.807, 2.05) is 0 Å². The van der Waals surface area contributed by atoms with Crippen molar-refractivity contribution in [2.75, 3.05) is 13.1 Å². The van der Waals surface area contributed by atoms with Gasteiger partial charge >= 0.3 is 0 Å². The van der Waals surface area contributed by atoms with E-state index in [0.717, 1.165) is 4.88 Å². The molecule has 2 aromatic rings. The number of nitrogens with one attached hydrogen (secondary N) is 1. The fourth-order valence-electron chi connectivity index (χ4n) is 5.14. The summed E-state index contributed by atoms with van der Waals surface area (Å²) >= 11 is 1.64. The van der Waals surface area contributed by atoms with E-state index in [1.165, 1.54) is 54.4 Å². The average molecular weight is 369 g/mol. The molecule has 4 aliphatic rings. The number of carbonyl (C=O) groups is 1. The van der Waals surface area contributed by atoms with E-state index >= 15 is 0 Å². The summed E-state index contributed by atoms with van der Waals surface area (Å²) in [6, 6.07) is 9.05. The number of hydrogen-bond donors (Lipinski definition) is 1. The van der Waals surface area contributed by atoms with Crippen LogP contribution in [0.5, 0.6) is 0 Å². The second-order valence-electron chi connectivity index (χ2n) is 9.49. The second-order valence-corrected chi connectivity index (χ2v) is 10.6. The highest BCUT2D eigenvalue weighted by Gasteiger charge is 2.60. The molecule has 4 fully saturated rings. The Balaban J connectivity index is 1.40. The molecule has 4 heterocycles. The Kier molecular flexibility index (Phi) is 3.58. The molecule has 0 radical (unpaired) electrons. The normalized spacial score (nSPS) is 29.3. The molecular weight excluding hydrogens is 340 g/mol. The standard InChI is InChI=1S/C22H28N2OS/c1-21(2,3)16-5-4-15-12-18(26-17(15)13-16)20(25)23-19-14-6-10-24(11-7-14)22(19)8-9-22/h4-5,12-14,19H,6-11H2,1-3H3,(H,23,25)/t19-/m1/s1. The van der Waals surface area contributed by atoms with E-state index in [2.05, 4.69) is 55.3 Å². The molecule has 2 bridgehead atoms. The predicted molar refractivity (Wildman–Crippen MR) is 108 cm³/mol. The number of hydrogen-bond acceptors (Lipinski definition) is 3. The van der Waals surface area contributed by atoms with Crippen LogP contribution in [-0.4, -0.2) is 35.5 Å². The molecule has 1 N–H and O–H groups in total. The first-order valence-corrected chi connectivity index (χ1v) is 10.8. The number of benzene rings is 1. The largest absolute Gasteiger partial charge is 0.346 e. The molecule has 3 nitrogen and oxygen atoms in total. The Morgan fingerprint density at radius 1 is 1.19 bits per heavy atom. The third-order valence-electron chi connectivity index (χ3n) is 6.88. The van der Waals surface area contributed by atoms with Crippen molar-refractivity contribution in [1.29, 1.82) is 0 Å². The fourth-order valence-corrected chi connectivity index (χ4v) is 6.15. The van der Waals surface area contributed by atoms with Crippen LogP contribution in [0, 0.1) is 5.92 Å². The van der Waals surface area contributed by atoms with Crippen molar-refractivity contribution < 1.29 is 4.79 Å². The number of fused-ring (bicyclic) bond motifs is 3. The van der Waals surface area contributed by atoms with Gasteiger partial charge in [-0.05, 0) is 73.2 Å². The van der Waals surface area contributed by atoms with Crippen molar-refractivity contribution >= 4 is 27.3 Å². The van der Waals surface area contributed by atoms with Gasteiger partial charge in [0, 0.05) is 10.2 Å². The van der Waals surface area contributed by atoms with E-state index in [4.69, 9.17) is 0 Å². The Morgan fingerprint density at radius 3 is 2.58 bits per heavy atom. The zero-order chi connectivity index (χ0) is 18.1. The lowest BCUT2D eigenvalue weighted by molar-refractivity contribution is -0.00138. The van der Waals surface area contributed by atoms with Crippen LogP contribution in [0.4, 0.5) is 0 Å². The second kappa shape index (κ2) is 5.56. The minimum Gasteiger partial charge on any atom is -0.346 e. The molecule has 1 amide bonds. The molecule has 138 valence electrons. The molecule has 1 saturated carbocycles. The minimum atomic E-state index is 0.133.